The highest BCUT2D eigenvalue weighted by Crippen LogP contribution is 2.42. The third kappa shape index (κ3) is 2.13. The number of hydrogen-bond donors (Lipinski definition) is 1. The molecule has 1 N–H and O–H groups in total. The number of aromatic nitrogens is 2. The van der Waals surface area contributed by atoms with Gasteiger partial charge in [0, 0.05) is 23.6 Å². The Morgan fingerprint density at radius 1 is 1.23 bits per heavy atom. The predicted molar refractivity (Wildman–Crippen MR) is 86.0 cm³/mol. The summed E-state index contributed by atoms with van der Waals surface area (Å²) in [7, 11) is 0. The number of aryl methyl sites for hydroxylation is 2. The Kier molecular flexibility index (Phi) is 3.21. The molecule has 2 atom stereocenters. The third-order valence-electron chi connectivity index (χ3n) is 5.56. The molecular weight excluding hydrogens is 274 g/mol. The summed E-state index contributed by atoms with van der Waals surface area (Å²) in [6, 6.07) is 4.31. The van der Waals surface area contributed by atoms with Crippen molar-refractivity contribution in [3.05, 3.63) is 35.3 Å². The fourth-order valence-corrected chi connectivity index (χ4v) is 4.50. The van der Waals surface area contributed by atoms with Gasteiger partial charge in [-0.1, -0.05) is 6.42 Å². The maximum atomic E-state index is 12.8. The van der Waals surface area contributed by atoms with Crippen LogP contribution in [0.25, 0.3) is 5.65 Å². The molecule has 0 saturated heterocycles. The summed E-state index contributed by atoms with van der Waals surface area (Å²) in [5.41, 5.74) is 3.55. The number of hydrogen-bond acceptors (Lipinski definition) is 2. The van der Waals surface area contributed by atoms with Crippen molar-refractivity contribution >= 4 is 11.6 Å². The maximum Gasteiger partial charge on any atom is 0.255 e. The fourth-order valence-electron chi connectivity index (χ4n) is 4.50. The van der Waals surface area contributed by atoms with Gasteiger partial charge in [-0.25, -0.2) is 4.98 Å². The number of carbonyl (C=O) groups is 1. The molecule has 4 heteroatoms. The minimum absolute atomic E-state index is 0.0452. The second-order valence-electron chi connectivity index (χ2n) is 6.99. The molecule has 2 unspecified atom stereocenters. The highest BCUT2D eigenvalue weighted by molar-refractivity contribution is 6.00. The minimum atomic E-state index is 0.0452. The lowest BCUT2D eigenvalue weighted by Gasteiger charge is -2.30. The monoisotopic (exact) mass is 297 g/mol. The molecule has 2 aromatic rings. The van der Waals surface area contributed by atoms with Gasteiger partial charge in [0.25, 0.3) is 5.91 Å². The molecule has 0 spiro atoms. The molecule has 2 aromatic heterocycles. The van der Waals surface area contributed by atoms with Gasteiger partial charge in [-0.05, 0) is 63.5 Å². The van der Waals surface area contributed by atoms with E-state index in [4.69, 9.17) is 0 Å². The number of nitrogens with one attached hydrogen (secondary N) is 1. The molecule has 4 nitrogen and oxygen atoms in total. The Bertz CT molecular complexity index is 717. The SMILES string of the molecule is Cc1cc(C)n2ccc(C(=O)NC3C4CCCC3CC4)c2n1. The fraction of sp³-hybridized carbons (Fsp3) is 0.556. The Hall–Kier alpha value is -1.84. The van der Waals surface area contributed by atoms with Crippen LogP contribution in [-0.4, -0.2) is 21.3 Å². The molecule has 2 saturated carbocycles. The van der Waals surface area contributed by atoms with E-state index in [1.807, 2.05) is 36.6 Å². The first-order chi connectivity index (χ1) is 10.6. The molecule has 4 rings (SSSR count). The van der Waals surface area contributed by atoms with Gasteiger partial charge in [0.1, 0.15) is 5.65 Å². The van der Waals surface area contributed by atoms with E-state index in [-0.39, 0.29) is 5.91 Å². The first-order valence-corrected chi connectivity index (χ1v) is 8.39. The largest absolute Gasteiger partial charge is 0.349 e. The number of amides is 1. The van der Waals surface area contributed by atoms with Crippen LogP contribution in [0.1, 0.15) is 53.8 Å². The van der Waals surface area contributed by atoms with E-state index in [1.165, 1.54) is 32.1 Å². The molecule has 2 fully saturated rings. The average molecular weight is 297 g/mol. The summed E-state index contributed by atoms with van der Waals surface area (Å²) in [6.07, 6.45) is 8.38. The summed E-state index contributed by atoms with van der Waals surface area (Å²) in [5.74, 6) is 1.42. The highest BCUT2D eigenvalue weighted by Gasteiger charge is 2.39. The predicted octanol–water partition coefficient (Wildman–Crippen LogP) is 3.26. The quantitative estimate of drug-likeness (QED) is 0.925. The van der Waals surface area contributed by atoms with Crippen LogP contribution in [0.15, 0.2) is 18.3 Å². The van der Waals surface area contributed by atoms with Crippen LogP contribution in [0.4, 0.5) is 0 Å². The number of carbonyl (C=O) groups excluding carboxylic acids is 1. The second-order valence-corrected chi connectivity index (χ2v) is 6.99. The van der Waals surface area contributed by atoms with E-state index < -0.39 is 0 Å². The van der Waals surface area contributed by atoms with Crippen molar-refractivity contribution in [1.82, 2.24) is 14.7 Å². The molecular formula is C18H23N3O. The van der Waals surface area contributed by atoms with E-state index in [9.17, 15) is 4.79 Å². The number of nitrogens with zero attached hydrogens (tertiary/aromatic N) is 2. The van der Waals surface area contributed by atoms with Crippen LogP contribution >= 0.6 is 0 Å². The standard InChI is InChI=1S/C18H23N3O/c1-11-10-12(2)21-9-8-15(17(21)19-11)18(22)20-16-13-4-3-5-14(16)7-6-13/h8-10,13-14,16H,3-7H2,1-2H3,(H,20,22). The molecule has 0 aromatic carbocycles. The topological polar surface area (TPSA) is 46.4 Å². The smallest absolute Gasteiger partial charge is 0.255 e. The molecule has 1 amide bonds. The van der Waals surface area contributed by atoms with E-state index in [1.54, 1.807) is 0 Å². The van der Waals surface area contributed by atoms with Crippen LogP contribution in [0.3, 0.4) is 0 Å². The first kappa shape index (κ1) is 13.8. The van der Waals surface area contributed by atoms with Gasteiger partial charge in [-0.2, -0.15) is 0 Å². The van der Waals surface area contributed by atoms with Crippen molar-refractivity contribution in [2.45, 2.75) is 52.0 Å². The van der Waals surface area contributed by atoms with Crippen LogP contribution in [0.2, 0.25) is 0 Å². The molecule has 0 radical (unpaired) electrons. The summed E-state index contributed by atoms with van der Waals surface area (Å²) in [4.78, 5) is 17.3. The van der Waals surface area contributed by atoms with Crippen molar-refractivity contribution in [1.29, 1.82) is 0 Å². The Balaban J connectivity index is 1.63. The van der Waals surface area contributed by atoms with Gasteiger partial charge in [0.15, 0.2) is 0 Å². The summed E-state index contributed by atoms with van der Waals surface area (Å²) in [6.45, 7) is 4.02. The van der Waals surface area contributed by atoms with Gasteiger partial charge in [0.05, 0.1) is 5.56 Å². The lowest BCUT2D eigenvalue weighted by Crippen LogP contribution is -2.43. The summed E-state index contributed by atoms with van der Waals surface area (Å²) < 4.78 is 2.00. The molecule has 0 aliphatic heterocycles. The average Bonchev–Trinajstić information content (AvgIpc) is 2.97. The molecule has 2 bridgehead atoms. The van der Waals surface area contributed by atoms with E-state index in [2.05, 4.69) is 10.3 Å². The van der Waals surface area contributed by atoms with E-state index in [0.717, 1.165) is 17.0 Å². The Labute approximate surface area is 130 Å². The molecule has 22 heavy (non-hydrogen) atoms. The van der Waals surface area contributed by atoms with Crippen molar-refractivity contribution in [3.8, 4) is 0 Å². The number of fused-ring (bicyclic) bond motifs is 3. The van der Waals surface area contributed by atoms with Crippen molar-refractivity contribution in [3.63, 3.8) is 0 Å². The van der Waals surface area contributed by atoms with Gasteiger partial charge < -0.3 is 9.72 Å². The molecule has 2 aliphatic carbocycles. The van der Waals surface area contributed by atoms with Gasteiger partial charge in [0.2, 0.25) is 0 Å². The van der Waals surface area contributed by atoms with E-state index >= 15 is 0 Å². The zero-order valence-electron chi connectivity index (χ0n) is 13.3. The zero-order valence-corrected chi connectivity index (χ0v) is 13.3. The van der Waals surface area contributed by atoms with Gasteiger partial charge in [-0.3, -0.25) is 4.79 Å². The van der Waals surface area contributed by atoms with Crippen LogP contribution < -0.4 is 5.32 Å². The lowest BCUT2D eigenvalue weighted by atomic mass is 9.84. The highest BCUT2D eigenvalue weighted by atomic mass is 16.1. The zero-order chi connectivity index (χ0) is 15.3. The van der Waals surface area contributed by atoms with Crippen molar-refractivity contribution < 1.29 is 4.79 Å². The van der Waals surface area contributed by atoms with Crippen LogP contribution in [-0.2, 0) is 0 Å². The minimum Gasteiger partial charge on any atom is -0.349 e. The van der Waals surface area contributed by atoms with Crippen molar-refractivity contribution in [2.75, 3.05) is 0 Å². The van der Waals surface area contributed by atoms with Gasteiger partial charge in [-0.15, -0.1) is 0 Å². The molecule has 2 heterocycles. The summed E-state index contributed by atoms with van der Waals surface area (Å²) in [5, 5.41) is 3.32. The first-order valence-electron chi connectivity index (χ1n) is 8.39. The second kappa shape index (κ2) is 5.11. The number of rotatable bonds is 2. The van der Waals surface area contributed by atoms with E-state index in [0.29, 0.717) is 23.4 Å². The lowest BCUT2D eigenvalue weighted by molar-refractivity contribution is 0.0902. The maximum absolute atomic E-state index is 12.8. The van der Waals surface area contributed by atoms with Crippen LogP contribution in [0.5, 0.6) is 0 Å². The Morgan fingerprint density at radius 2 is 1.95 bits per heavy atom. The normalized spacial score (nSPS) is 27.3. The van der Waals surface area contributed by atoms with Crippen LogP contribution in [0, 0.1) is 25.7 Å². The summed E-state index contributed by atoms with van der Waals surface area (Å²) >= 11 is 0. The molecule has 116 valence electrons. The van der Waals surface area contributed by atoms with Gasteiger partial charge >= 0.3 is 0 Å². The molecule has 2 aliphatic rings. The Morgan fingerprint density at radius 3 is 2.68 bits per heavy atom. The van der Waals surface area contributed by atoms with Crippen molar-refractivity contribution in [2.24, 2.45) is 11.8 Å². The third-order valence-corrected chi connectivity index (χ3v) is 5.56.